The third kappa shape index (κ3) is 3.82. The number of benzene rings is 2. The van der Waals surface area contributed by atoms with Crippen LogP contribution in [0.25, 0.3) is 0 Å². The number of hydrogen-bond donors (Lipinski definition) is 0. The summed E-state index contributed by atoms with van der Waals surface area (Å²) in [6.07, 6.45) is 6.96. The van der Waals surface area contributed by atoms with Crippen LogP contribution in [0.5, 0.6) is 0 Å². The van der Waals surface area contributed by atoms with E-state index in [0.717, 1.165) is 17.8 Å². The molecule has 2 nitrogen and oxygen atoms in total. The normalized spacial score (nSPS) is 32.6. The lowest BCUT2D eigenvalue weighted by Crippen LogP contribution is -3.00. The smallest absolute Gasteiger partial charge is 0.109 e. The average Bonchev–Trinajstić information content (AvgIpc) is 2.88. The number of nitrogens with zero attached hydrogens (tertiary/aromatic N) is 1. The summed E-state index contributed by atoms with van der Waals surface area (Å²) in [5, 5.41) is 0. The zero-order valence-electron chi connectivity index (χ0n) is 17.5. The second kappa shape index (κ2) is 8.74. The van der Waals surface area contributed by atoms with Gasteiger partial charge in [0.25, 0.3) is 0 Å². The molecule has 3 aliphatic rings. The van der Waals surface area contributed by atoms with Crippen molar-refractivity contribution in [3.05, 3.63) is 65.2 Å². The first kappa shape index (κ1) is 21.4. The van der Waals surface area contributed by atoms with Gasteiger partial charge in [-0.15, -0.1) is 11.8 Å². The molecule has 3 heterocycles. The second-order valence-electron chi connectivity index (χ2n) is 9.09. The maximum atomic E-state index is 6.99. The molecule has 3 atom stereocenters. The highest BCUT2D eigenvalue weighted by molar-refractivity contribution is 7.98. The molecule has 0 radical (unpaired) electrons. The number of thioether (sulfide) groups is 1. The van der Waals surface area contributed by atoms with E-state index in [1.807, 2.05) is 11.8 Å². The van der Waals surface area contributed by atoms with Crippen LogP contribution in [-0.2, 0) is 10.5 Å². The number of quaternary nitrogens is 1. The highest BCUT2D eigenvalue weighted by Gasteiger charge is 2.51. The summed E-state index contributed by atoms with van der Waals surface area (Å²) in [5.74, 6) is 1.04. The largest absolute Gasteiger partial charge is 1.00 e. The Kier molecular flexibility index (Phi) is 6.46. The summed E-state index contributed by atoms with van der Waals surface area (Å²) in [6, 6.07) is 19.4. The van der Waals surface area contributed by atoms with Gasteiger partial charge in [-0.05, 0) is 29.2 Å². The van der Waals surface area contributed by atoms with E-state index in [4.69, 9.17) is 4.74 Å². The van der Waals surface area contributed by atoms with Crippen molar-refractivity contribution in [2.45, 2.75) is 74.0 Å². The molecule has 2 fully saturated rings. The fourth-order valence-corrected chi connectivity index (χ4v) is 7.15. The fourth-order valence-electron chi connectivity index (χ4n) is 6.06. The molecule has 29 heavy (non-hydrogen) atoms. The topological polar surface area (TPSA) is 9.23 Å². The Balaban J connectivity index is 0.00000205. The average molecular weight is 475 g/mol. The molecule has 0 amide bonds. The number of fused-ring (bicyclic) bond motifs is 4. The minimum Gasteiger partial charge on any atom is -1.00 e. The predicted octanol–water partition coefficient (Wildman–Crippen LogP) is 2.95. The molecule has 0 saturated carbocycles. The van der Waals surface area contributed by atoms with Gasteiger partial charge in [0, 0.05) is 36.3 Å². The molecule has 2 aromatic carbocycles. The monoisotopic (exact) mass is 473 g/mol. The van der Waals surface area contributed by atoms with E-state index in [1.165, 1.54) is 64.7 Å². The SMILES string of the molecule is CCC[N+]1(C)[C@H]2CC[C@H]1CC(O[C@H]1c3ccccc3CSc3ccccc31)C2.[Br-]. The summed E-state index contributed by atoms with van der Waals surface area (Å²) in [4.78, 5) is 1.38. The third-order valence-corrected chi connectivity index (χ3v) is 8.67. The first-order valence-electron chi connectivity index (χ1n) is 11.0. The van der Waals surface area contributed by atoms with Crippen molar-refractivity contribution in [1.29, 1.82) is 0 Å². The van der Waals surface area contributed by atoms with Gasteiger partial charge >= 0.3 is 0 Å². The fraction of sp³-hybridized carbons (Fsp3) is 0.520. The Morgan fingerprint density at radius 2 is 1.62 bits per heavy atom. The molecule has 156 valence electrons. The van der Waals surface area contributed by atoms with E-state index in [2.05, 4.69) is 62.5 Å². The zero-order chi connectivity index (χ0) is 19.1. The number of piperidine rings is 1. The van der Waals surface area contributed by atoms with E-state index in [9.17, 15) is 0 Å². The molecule has 2 saturated heterocycles. The Labute approximate surface area is 190 Å². The van der Waals surface area contributed by atoms with Crippen molar-refractivity contribution in [2.24, 2.45) is 0 Å². The highest BCUT2D eigenvalue weighted by Crippen LogP contribution is 2.46. The number of rotatable bonds is 4. The van der Waals surface area contributed by atoms with Crippen LogP contribution in [0.4, 0.5) is 0 Å². The van der Waals surface area contributed by atoms with Crippen LogP contribution in [0.15, 0.2) is 53.4 Å². The summed E-state index contributed by atoms with van der Waals surface area (Å²) < 4.78 is 8.29. The van der Waals surface area contributed by atoms with E-state index in [0.29, 0.717) is 6.10 Å². The molecule has 4 heteroatoms. The number of ether oxygens (including phenoxy) is 1. The number of hydrogen-bond acceptors (Lipinski definition) is 2. The maximum absolute atomic E-state index is 6.99. The van der Waals surface area contributed by atoms with Gasteiger partial charge in [-0.3, -0.25) is 0 Å². The molecule has 0 aliphatic carbocycles. The van der Waals surface area contributed by atoms with Crippen LogP contribution in [0.1, 0.15) is 61.8 Å². The summed E-state index contributed by atoms with van der Waals surface area (Å²) in [5.41, 5.74) is 4.17. The molecule has 0 unspecified atom stereocenters. The Hall–Kier alpha value is -0.810. The van der Waals surface area contributed by atoms with Crippen molar-refractivity contribution in [1.82, 2.24) is 0 Å². The van der Waals surface area contributed by atoms with Gasteiger partial charge in [0.1, 0.15) is 6.10 Å². The molecule has 0 spiro atoms. The van der Waals surface area contributed by atoms with Crippen LogP contribution < -0.4 is 17.0 Å². The Morgan fingerprint density at radius 1 is 0.966 bits per heavy atom. The Bertz CT molecular complexity index is 795. The van der Waals surface area contributed by atoms with Crippen LogP contribution in [-0.4, -0.2) is 36.3 Å². The second-order valence-corrected chi connectivity index (χ2v) is 10.1. The summed E-state index contributed by atoms with van der Waals surface area (Å²) in [6.45, 7) is 3.66. The summed E-state index contributed by atoms with van der Waals surface area (Å²) >= 11 is 1.95. The zero-order valence-corrected chi connectivity index (χ0v) is 19.9. The van der Waals surface area contributed by atoms with Gasteiger partial charge in [0.2, 0.25) is 0 Å². The quantitative estimate of drug-likeness (QED) is 0.631. The predicted molar refractivity (Wildman–Crippen MR) is 117 cm³/mol. The van der Waals surface area contributed by atoms with Crippen LogP contribution in [0.3, 0.4) is 0 Å². The van der Waals surface area contributed by atoms with E-state index in [1.54, 1.807) is 0 Å². The minimum atomic E-state index is 0. The van der Waals surface area contributed by atoms with E-state index < -0.39 is 0 Å². The number of halogens is 1. The summed E-state index contributed by atoms with van der Waals surface area (Å²) in [7, 11) is 2.51. The van der Waals surface area contributed by atoms with Crippen LogP contribution in [0.2, 0.25) is 0 Å². The lowest BCUT2D eigenvalue weighted by molar-refractivity contribution is -0.949. The molecule has 2 bridgehead atoms. The molecule has 2 aromatic rings. The van der Waals surface area contributed by atoms with Crippen molar-refractivity contribution in [2.75, 3.05) is 13.6 Å². The first-order valence-corrected chi connectivity index (χ1v) is 12.0. The van der Waals surface area contributed by atoms with Gasteiger partial charge in [0.05, 0.1) is 31.8 Å². The molecular weight excluding hydrogens is 442 g/mol. The molecule has 0 N–H and O–H groups in total. The first-order chi connectivity index (χ1) is 13.7. The minimum absolute atomic E-state index is 0. The maximum Gasteiger partial charge on any atom is 0.109 e. The molecule has 5 rings (SSSR count). The van der Waals surface area contributed by atoms with Crippen LogP contribution in [0, 0.1) is 0 Å². The van der Waals surface area contributed by atoms with E-state index in [-0.39, 0.29) is 23.1 Å². The van der Waals surface area contributed by atoms with Crippen molar-refractivity contribution in [3.63, 3.8) is 0 Å². The van der Waals surface area contributed by atoms with Gasteiger partial charge in [-0.2, -0.15) is 0 Å². The van der Waals surface area contributed by atoms with Gasteiger partial charge < -0.3 is 26.2 Å². The lowest BCUT2D eigenvalue weighted by Gasteiger charge is -2.47. The third-order valence-electron chi connectivity index (χ3n) is 7.53. The van der Waals surface area contributed by atoms with Crippen molar-refractivity contribution >= 4 is 11.8 Å². The van der Waals surface area contributed by atoms with Gasteiger partial charge in [0.15, 0.2) is 0 Å². The van der Waals surface area contributed by atoms with E-state index >= 15 is 0 Å². The van der Waals surface area contributed by atoms with Gasteiger partial charge in [-0.1, -0.05) is 49.4 Å². The standard InChI is InChI=1S/C25H32NOS.BrH/c1-3-14-26(2)19-12-13-20(26)16-21(15-19)27-25-22-9-5-4-8-18(22)17-28-24-11-7-6-10-23(24)25;/h4-11,19-21,25H,3,12-17H2,1-2H3;1H/q+1;/p-1/t19-,20-,21?,25-,26?;/m0./s1. The van der Waals surface area contributed by atoms with Crippen LogP contribution >= 0.6 is 11.8 Å². The molecular formula is C25H32BrNOS. The lowest BCUT2D eigenvalue weighted by atomic mass is 9.94. The van der Waals surface area contributed by atoms with Gasteiger partial charge in [-0.25, -0.2) is 0 Å². The molecule has 3 aliphatic heterocycles. The Morgan fingerprint density at radius 3 is 2.34 bits per heavy atom. The molecule has 0 aromatic heterocycles. The van der Waals surface area contributed by atoms with Crippen molar-refractivity contribution < 1.29 is 26.2 Å². The highest BCUT2D eigenvalue weighted by atomic mass is 79.9. The van der Waals surface area contributed by atoms with Crippen molar-refractivity contribution in [3.8, 4) is 0 Å².